The summed E-state index contributed by atoms with van der Waals surface area (Å²) in [6.07, 6.45) is 1.43. The second kappa shape index (κ2) is 8.84. The maximum absolute atomic E-state index is 11.8. The molecule has 2 N–H and O–H groups in total. The third kappa shape index (κ3) is 5.61. The van der Waals surface area contributed by atoms with E-state index in [1.165, 1.54) is 6.21 Å². The van der Waals surface area contributed by atoms with E-state index in [9.17, 15) is 9.59 Å². The van der Waals surface area contributed by atoms with Crippen molar-refractivity contribution >= 4 is 35.3 Å². The van der Waals surface area contributed by atoms with Crippen molar-refractivity contribution in [2.45, 2.75) is 13.8 Å². The summed E-state index contributed by atoms with van der Waals surface area (Å²) in [5.41, 5.74) is 4.25. The van der Waals surface area contributed by atoms with Gasteiger partial charge in [-0.25, -0.2) is 5.43 Å². The molecule has 0 unspecified atom stereocenters. The number of amides is 2. The van der Waals surface area contributed by atoms with E-state index in [0.29, 0.717) is 17.3 Å². The van der Waals surface area contributed by atoms with Crippen LogP contribution < -0.4 is 15.5 Å². The SMILES string of the molecule is CCOc1ccc(/C=N/NC(=O)C(=O)Nc2ccc(C)c(Cl)c2)cc1. The van der Waals surface area contributed by atoms with Gasteiger partial charge in [0.05, 0.1) is 12.8 Å². The number of ether oxygens (including phenoxy) is 1. The molecule has 0 bridgehead atoms. The Labute approximate surface area is 150 Å². The van der Waals surface area contributed by atoms with Gasteiger partial charge < -0.3 is 10.1 Å². The second-order valence-corrected chi connectivity index (χ2v) is 5.53. The number of nitrogens with zero attached hydrogens (tertiary/aromatic N) is 1. The molecule has 2 aromatic carbocycles. The third-order valence-corrected chi connectivity index (χ3v) is 3.61. The van der Waals surface area contributed by atoms with Crippen LogP contribution in [-0.4, -0.2) is 24.6 Å². The van der Waals surface area contributed by atoms with Crippen LogP contribution in [0.15, 0.2) is 47.6 Å². The summed E-state index contributed by atoms with van der Waals surface area (Å²) >= 11 is 5.97. The van der Waals surface area contributed by atoms with Crippen LogP contribution in [0.4, 0.5) is 5.69 Å². The van der Waals surface area contributed by atoms with E-state index in [0.717, 1.165) is 16.9 Å². The minimum absolute atomic E-state index is 0.436. The zero-order chi connectivity index (χ0) is 18.2. The van der Waals surface area contributed by atoms with E-state index in [4.69, 9.17) is 16.3 Å². The molecule has 2 rings (SSSR count). The maximum atomic E-state index is 11.8. The molecule has 0 radical (unpaired) electrons. The summed E-state index contributed by atoms with van der Waals surface area (Å²) in [5.74, 6) is -0.956. The van der Waals surface area contributed by atoms with E-state index >= 15 is 0 Å². The summed E-state index contributed by atoms with van der Waals surface area (Å²) in [6, 6.07) is 12.1. The van der Waals surface area contributed by atoms with Crippen molar-refractivity contribution in [3.63, 3.8) is 0 Å². The molecule has 6 nitrogen and oxygen atoms in total. The van der Waals surface area contributed by atoms with Crippen LogP contribution in [0.1, 0.15) is 18.1 Å². The Morgan fingerprint density at radius 3 is 2.52 bits per heavy atom. The number of aryl methyl sites for hydroxylation is 1. The molecule has 0 saturated carbocycles. The van der Waals surface area contributed by atoms with Crippen LogP contribution >= 0.6 is 11.6 Å². The molecule has 0 spiro atoms. The summed E-state index contributed by atoms with van der Waals surface area (Å²) in [4.78, 5) is 23.5. The summed E-state index contributed by atoms with van der Waals surface area (Å²) in [5, 5.41) is 6.72. The van der Waals surface area contributed by atoms with Crippen LogP contribution in [0, 0.1) is 6.92 Å². The predicted octanol–water partition coefficient (Wildman–Crippen LogP) is 3.14. The fraction of sp³-hybridized carbons (Fsp3) is 0.167. The Morgan fingerprint density at radius 2 is 1.88 bits per heavy atom. The van der Waals surface area contributed by atoms with Crippen molar-refractivity contribution in [3.05, 3.63) is 58.6 Å². The lowest BCUT2D eigenvalue weighted by atomic mass is 10.2. The van der Waals surface area contributed by atoms with Gasteiger partial charge in [-0.2, -0.15) is 5.10 Å². The highest BCUT2D eigenvalue weighted by Gasteiger charge is 2.13. The quantitative estimate of drug-likeness (QED) is 0.489. The number of hydrogen-bond donors (Lipinski definition) is 2. The summed E-state index contributed by atoms with van der Waals surface area (Å²) in [6.45, 7) is 4.33. The molecule has 0 atom stereocenters. The first kappa shape index (κ1) is 18.5. The standard InChI is InChI=1S/C18H18ClN3O3/c1-3-25-15-8-5-13(6-9-15)11-20-22-18(24)17(23)21-14-7-4-12(2)16(19)10-14/h4-11H,3H2,1-2H3,(H,21,23)(H,22,24)/b20-11+. The van der Waals surface area contributed by atoms with E-state index < -0.39 is 11.8 Å². The smallest absolute Gasteiger partial charge is 0.329 e. The Balaban J connectivity index is 1.88. The molecular weight excluding hydrogens is 342 g/mol. The molecule has 130 valence electrons. The minimum atomic E-state index is -0.876. The monoisotopic (exact) mass is 359 g/mol. The van der Waals surface area contributed by atoms with Gasteiger partial charge in [0.25, 0.3) is 0 Å². The molecule has 2 amide bonds. The predicted molar refractivity (Wildman–Crippen MR) is 98.2 cm³/mol. The number of nitrogens with one attached hydrogen (secondary N) is 2. The van der Waals surface area contributed by atoms with Crippen LogP contribution in [-0.2, 0) is 9.59 Å². The number of hydrogen-bond acceptors (Lipinski definition) is 4. The fourth-order valence-electron chi connectivity index (χ4n) is 1.89. The number of anilines is 1. The number of carbonyl (C=O) groups is 2. The van der Waals surface area contributed by atoms with Crippen LogP contribution in [0.3, 0.4) is 0 Å². The molecule has 0 aliphatic rings. The second-order valence-electron chi connectivity index (χ2n) is 5.12. The third-order valence-electron chi connectivity index (χ3n) is 3.21. The average molecular weight is 360 g/mol. The van der Waals surface area contributed by atoms with Gasteiger partial charge in [0.2, 0.25) is 0 Å². The zero-order valence-electron chi connectivity index (χ0n) is 13.9. The van der Waals surface area contributed by atoms with Crippen molar-refractivity contribution in [2.75, 3.05) is 11.9 Å². The van der Waals surface area contributed by atoms with Gasteiger partial charge in [0.15, 0.2) is 0 Å². The molecule has 25 heavy (non-hydrogen) atoms. The topological polar surface area (TPSA) is 79.8 Å². The number of rotatable bonds is 5. The van der Waals surface area contributed by atoms with Gasteiger partial charge in [0.1, 0.15) is 5.75 Å². The number of carbonyl (C=O) groups excluding carboxylic acids is 2. The van der Waals surface area contributed by atoms with Gasteiger partial charge in [-0.05, 0) is 61.4 Å². The molecule has 7 heteroatoms. The Hall–Kier alpha value is -2.86. The van der Waals surface area contributed by atoms with Gasteiger partial charge in [0, 0.05) is 10.7 Å². The molecule has 0 aliphatic carbocycles. The Morgan fingerprint density at radius 1 is 1.16 bits per heavy atom. The lowest BCUT2D eigenvalue weighted by Gasteiger charge is -2.05. The van der Waals surface area contributed by atoms with Crippen molar-refractivity contribution in [3.8, 4) is 5.75 Å². The first-order valence-corrected chi connectivity index (χ1v) is 8.00. The number of benzene rings is 2. The van der Waals surface area contributed by atoms with Crippen molar-refractivity contribution < 1.29 is 14.3 Å². The maximum Gasteiger partial charge on any atom is 0.329 e. The normalized spacial score (nSPS) is 10.5. The number of halogens is 1. The van der Waals surface area contributed by atoms with Gasteiger partial charge in [-0.15, -0.1) is 0 Å². The Bertz CT molecular complexity index is 789. The minimum Gasteiger partial charge on any atom is -0.494 e. The highest BCUT2D eigenvalue weighted by atomic mass is 35.5. The Kier molecular flexibility index (Phi) is 6.54. The van der Waals surface area contributed by atoms with Crippen molar-refractivity contribution in [2.24, 2.45) is 5.10 Å². The fourth-order valence-corrected chi connectivity index (χ4v) is 2.07. The highest BCUT2D eigenvalue weighted by molar-refractivity contribution is 6.39. The first-order chi connectivity index (χ1) is 12.0. The lowest BCUT2D eigenvalue weighted by Crippen LogP contribution is -2.32. The van der Waals surface area contributed by atoms with Crippen LogP contribution in [0.25, 0.3) is 0 Å². The van der Waals surface area contributed by atoms with Crippen molar-refractivity contribution in [1.29, 1.82) is 0 Å². The first-order valence-electron chi connectivity index (χ1n) is 7.63. The van der Waals surface area contributed by atoms with E-state index in [1.54, 1.807) is 42.5 Å². The molecule has 0 aliphatic heterocycles. The molecule has 0 saturated heterocycles. The molecule has 2 aromatic rings. The van der Waals surface area contributed by atoms with Crippen molar-refractivity contribution in [1.82, 2.24) is 5.43 Å². The van der Waals surface area contributed by atoms with Gasteiger partial charge in [-0.3, -0.25) is 9.59 Å². The average Bonchev–Trinajstić information content (AvgIpc) is 2.60. The molecule has 0 heterocycles. The molecule has 0 fully saturated rings. The largest absolute Gasteiger partial charge is 0.494 e. The number of hydrazone groups is 1. The summed E-state index contributed by atoms with van der Waals surface area (Å²) < 4.78 is 5.33. The lowest BCUT2D eigenvalue weighted by molar-refractivity contribution is -0.136. The van der Waals surface area contributed by atoms with Crippen LogP contribution in [0.2, 0.25) is 5.02 Å². The highest BCUT2D eigenvalue weighted by Crippen LogP contribution is 2.19. The van der Waals surface area contributed by atoms with E-state index in [2.05, 4.69) is 15.8 Å². The van der Waals surface area contributed by atoms with Gasteiger partial charge >= 0.3 is 11.8 Å². The van der Waals surface area contributed by atoms with Crippen LogP contribution in [0.5, 0.6) is 5.75 Å². The van der Waals surface area contributed by atoms with Gasteiger partial charge in [-0.1, -0.05) is 17.7 Å². The molecule has 0 aromatic heterocycles. The summed E-state index contributed by atoms with van der Waals surface area (Å²) in [7, 11) is 0. The molecular formula is C18H18ClN3O3. The zero-order valence-corrected chi connectivity index (χ0v) is 14.6. The van der Waals surface area contributed by atoms with E-state index in [-0.39, 0.29) is 0 Å². The van der Waals surface area contributed by atoms with E-state index in [1.807, 2.05) is 13.8 Å².